The Morgan fingerprint density at radius 1 is 1.30 bits per heavy atom. The molecule has 0 bridgehead atoms. The van der Waals surface area contributed by atoms with E-state index in [0.29, 0.717) is 0 Å². The van der Waals surface area contributed by atoms with E-state index in [2.05, 4.69) is 64.3 Å². The lowest BCUT2D eigenvalue weighted by Gasteiger charge is -2.19. The first kappa shape index (κ1) is 13.6. The van der Waals surface area contributed by atoms with Crippen LogP contribution in [0.4, 0.5) is 5.82 Å². The first-order valence-electron chi connectivity index (χ1n) is 7.12. The topological polar surface area (TPSA) is 21.1 Å². The summed E-state index contributed by atoms with van der Waals surface area (Å²) in [4.78, 5) is 2.48. The van der Waals surface area contributed by atoms with Gasteiger partial charge in [0.15, 0.2) is 0 Å². The van der Waals surface area contributed by atoms with Gasteiger partial charge in [0.25, 0.3) is 0 Å². The average molecular weight is 287 g/mol. The Bertz CT molecular complexity index is 564. The lowest BCUT2D eigenvalue weighted by Crippen LogP contribution is -2.23. The second kappa shape index (κ2) is 5.92. The van der Waals surface area contributed by atoms with Crippen LogP contribution in [0.25, 0.3) is 0 Å². The summed E-state index contributed by atoms with van der Waals surface area (Å²) in [6, 6.07) is 12.8. The van der Waals surface area contributed by atoms with E-state index in [1.165, 1.54) is 17.8 Å². The van der Waals surface area contributed by atoms with Gasteiger partial charge in [0.05, 0.1) is 12.2 Å². The van der Waals surface area contributed by atoms with E-state index in [4.69, 9.17) is 0 Å². The minimum atomic E-state index is 0.760. The standard InChI is InChI=1S/C16H21N3S/c1-13-10-16(18-9-8-15(12-18)20-2)19(17-13)11-14-6-4-3-5-7-14/h3-7,10,15H,8-9,11-12H2,1-2H3. The highest BCUT2D eigenvalue weighted by molar-refractivity contribution is 7.99. The van der Waals surface area contributed by atoms with Crippen molar-refractivity contribution in [3.63, 3.8) is 0 Å². The summed E-state index contributed by atoms with van der Waals surface area (Å²) in [5, 5.41) is 5.43. The first-order chi connectivity index (χ1) is 9.76. The lowest BCUT2D eigenvalue weighted by molar-refractivity contribution is 0.666. The number of benzene rings is 1. The van der Waals surface area contributed by atoms with Gasteiger partial charge in [0, 0.05) is 24.4 Å². The Morgan fingerprint density at radius 2 is 2.10 bits per heavy atom. The molecule has 1 fully saturated rings. The minimum absolute atomic E-state index is 0.760. The summed E-state index contributed by atoms with van der Waals surface area (Å²) in [5.41, 5.74) is 2.40. The quantitative estimate of drug-likeness (QED) is 0.862. The second-order valence-electron chi connectivity index (χ2n) is 5.38. The highest BCUT2D eigenvalue weighted by atomic mass is 32.2. The lowest BCUT2D eigenvalue weighted by atomic mass is 10.2. The van der Waals surface area contributed by atoms with Crippen LogP contribution in [-0.4, -0.2) is 34.4 Å². The smallest absolute Gasteiger partial charge is 0.127 e. The Labute approximate surface area is 125 Å². The number of hydrogen-bond donors (Lipinski definition) is 0. The third-order valence-electron chi connectivity index (χ3n) is 3.86. The molecule has 0 radical (unpaired) electrons. The van der Waals surface area contributed by atoms with Crippen molar-refractivity contribution in [1.82, 2.24) is 9.78 Å². The second-order valence-corrected chi connectivity index (χ2v) is 6.52. The zero-order valence-corrected chi connectivity index (χ0v) is 12.9. The summed E-state index contributed by atoms with van der Waals surface area (Å²) in [6.45, 7) is 5.21. The molecule has 0 spiro atoms. The van der Waals surface area contributed by atoms with Gasteiger partial charge in [-0.05, 0) is 25.2 Å². The van der Waals surface area contributed by atoms with Gasteiger partial charge in [-0.2, -0.15) is 16.9 Å². The Hall–Kier alpha value is -1.42. The number of thioether (sulfide) groups is 1. The molecule has 0 saturated carbocycles. The van der Waals surface area contributed by atoms with Crippen LogP contribution in [0.1, 0.15) is 17.7 Å². The SMILES string of the molecule is CSC1CCN(c2cc(C)nn2Cc2ccccc2)C1. The van der Waals surface area contributed by atoms with Gasteiger partial charge < -0.3 is 4.90 Å². The van der Waals surface area contributed by atoms with Crippen LogP contribution in [0.15, 0.2) is 36.4 Å². The Morgan fingerprint density at radius 3 is 2.80 bits per heavy atom. The maximum Gasteiger partial charge on any atom is 0.127 e. The van der Waals surface area contributed by atoms with E-state index in [0.717, 1.165) is 30.6 Å². The molecule has 106 valence electrons. The van der Waals surface area contributed by atoms with Crippen LogP contribution in [0.3, 0.4) is 0 Å². The molecule has 1 aliphatic heterocycles. The van der Waals surface area contributed by atoms with Crippen molar-refractivity contribution in [2.24, 2.45) is 0 Å². The maximum atomic E-state index is 4.67. The number of rotatable bonds is 4. The number of aromatic nitrogens is 2. The molecule has 20 heavy (non-hydrogen) atoms. The molecule has 4 heteroatoms. The Kier molecular flexibility index (Phi) is 4.01. The average Bonchev–Trinajstić information content (AvgIpc) is 3.06. The monoisotopic (exact) mass is 287 g/mol. The highest BCUT2D eigenvalue weighted by Crippen LogP contribution is 2.27. The van der Waals surface area contributed by atoms with Crippen molar-refractivity contribution in [2.75, 3.05) is 24.2 Å². The summed E-state index contributed by atoms with van der Waals surface area (Å²) < 4.78 is 2.15. The van der Waals surface area contributed by atoms with Crippen LogP contribution < -0.4 is 4.90 Å². The molecule has 1 unspecified atom stereocenters. The normalized spacial score (nSPS) is 18.7. The maximum absolute atomic E-state index is 4.67. The number of nitrogens with zero attached hydrogens (tertiary/aromatic N) is 3. The van der Waals surface area contributed by atoms with Crippen LogP contribution in [-0.2, 0) is 6.54 Å². The van der Waals surface area contributed by atoms with Gasteiger partial charge in [-0.25, -0.2) is 4.68 Å². The van der Waals surface area contributed by atoms with Gasteiger partial charge in [-0.15, -0.1) is 0 Å². The first-order valence-corrected chi connectivity index (χ1v) is 8.41. The van der Waals surface area contributed by atoms with Gasteiger partial charge in [0.2, 0.25) is 0 Å². The summed E-state index contributed by atoms with van der Waals surface area (Å²) in [5.74, 6) is 1.27. The van der Waals surface area contributed by atoms with Crippen molar-refractivity contribution in [1.29, 1.82) is 0 Å². The van der Waals surface area contributed by atoms with E-state index in [1.54, 1.807) is 0 Å². The summed E-state index contributed by atoms with van der Waals surface area (Å²) >= 11 is 1.98. The predicted octanol–water partition coefficient (Wildman–Crippen LogP) is 3.18. The summed E-state index contributed by atoms with van der Waals surface area (Å²) in [6.07, 6.45) is 3.48. The van der Waals surface area contributed by atoms with Gasteiger partial charge in [0.1, 0.15) is 5.82 Å². The van der Waals surface area contributed by atoms with E-state index in [-0.39, 0.29) is 0 Å². The fourth-order valence-electron chi connectivity index (χ4n) is 2.79. The van der Waals surface area contributed by atoms with Crippen molar-refractivity contribution < 1.29 is 0 Å². The number of aryl methyl sites for hydroxylation is 1. The van der Waals surface area contributed by atoms with Crippen molar-refractivity contribution in [3.05, 3.63) is 47.7 Å². The third-order valence-corrected chi connectivity index (χ3v) is 4.91. The molecule has 3 nitrogen and oxygen atoms in total. The van der Waals surface area contributed by atoms with Gasteiger partial charge >= 0.3 is 0 Å². The molecular weight excluding hydrogens is 266 g/mol. The fraction of sp³-hybridized carbons (Fsp3) is 0.438. The predicted molar refractivity (Wildman–Crippen MR) is 86.6 cm³/mol. The highest BCUT2D eigenvalue weighted by Gasteiger charge is 2.24. The zero-order valence-electron chi connectivity index (χ0n) is 12.1. The molecule has 2 aromatic rings. The minimum Gasteiger partial charge on any atom is -0.356 e. The van der Waals surface area contributed by atoms with Crippen LogP contribution in [0.2, 0.25) is 0 Å². The van der Waals surface area contributed by atoms with E-state index in [9.17, 15) is 0 Å². The van der Waals surface area contributed by atoms with E-state index < -0.39 is 0 Å². The fourth-order valence-corrected chi connectivity index (χ4v) is 3.46. The van der Waals surface area contributed by atoms with Crippen molar-refractivity contribution in [3.8, 4) is 0 Å². The van der Waals surface area contributed by atoms with E-state index >= 15 is 0 Å². The number of anilines is 1. The largest absolute Gasteiger partial charge is 0.356 e. The van der Waals surface area contributed by atoms with Crippen molar-refractivity contribution in [2.45, 2.75) is 25.1 Å². The molecule has 1 aromatic heterocycles. The molecule has 1 aliphatic rings. The molecule has 0 amide bonds. The van der Waals surface area contributed by atoms with Gasteiger partial charge in [-0.1, -0.05) is 30.3 Å². The third kappa shape index (κ3) is 2.85. The Balaban J connectivity index is 1.82. The molecule has 1 aromatic carbocycles. The van der Waals surface area contributed by atoms with E-state index in [1.807, 2.05) is 11.8 Å². The molecule has 3 rings (SSSR count). The van der Waals surface area contributed by atoms with Crippen LogP contribution in [0, 0.1) is 6.92 Å². The molecule has 0 N–H and O–H groups in total. The van der Waals surface area contributed by atoms with Crippen LogP contribution >= 0.6 is 11.8 Å². The van der Waals surface area contributed by atoms with Gasteiger partial charge in [-0.3, -0.25) is 0 Å². The van der Waals surface area contributed by atoms with Crippen molar-refractivity contribution >= 4 is 17.6 Å². The molecule has 1 atom stereocenters. The van der Waals surface area contributed by atoms with Crippen LogP contribution in [0.5, 0.6) is 0 Å². The molecular formula is C16H21N3S. The summed E-state index contributed by atoms with van der Waals surface area (Å²) in [7, 11) is 0. The number of hydrogen-bond acceptors (Lipinski definition) is 3. The molecule has 0 aliphatic carbocycles. The zero-order chi connectivity index (χ0) is 13.9. The molecule has 2 heterocycles. The molecule has 1 saturated heterocycles.